The van der Waals surface area contributed by atoms with Gasteiger partial charge >= 0.3 is 0 Å². The molecule has 1 aromatic heterocycles. The second kappa shape index (κ2) is 8.03. The highest BCUT2D eigenvalue weighted by molar-refractivity contribution is 5.95. The quantitative estimate of drug-likeness (QED) is 0.642. The van der Waals surface area contributed by atoms with Crippen molar-refractivity contribution in [3.63, 3.8) is 0 Å². The minimum absolute atomic E-state index is 0.0270. The second-order valence-electron chi connectivity index (χ2n) is 6.57. The molecule has 2 aromatic rings. The fourth-order valence-electron chi connectivity index (χ4n) is 3.29. The molecule has 1 aromatic carbocycles. The zero-order chi connectivity index (χ0) is 19.4. The van der Waals surface area contributed by atoms with Gasteiger partial charge in [-0.15, -0.1) is 0 Å². The lowest BCUT2D eigenvalue weighted by Crippen LogP contribution is -2.52. The normalized spacial score (nSPS) is 18.0. The zero-order valence-electron chi connectivity index (χ0n) is 15.0. The van der Waals surface area contributed by atoms with Gasteiger partial charge in [0.25, 0.3) is 11.6 Å². The SMILES string of the molecule is C[C@@H](NC(=O)[C@H]1CCCCN1C(=O)c1ccco1)c1cccc([N+](=O)[O-])c1. The first-order valence-electron chi connectivity index (χ1n) is 8.86. The van der Waals surface area contributed by atoms with Gasteiger partial charge < -0.3 is 14.6 Å². The molecule has 0 unspecified atom stereocenters. The molecule has 3 rings (SSSR count). The van der Waals surface area contributed by atoms with Gasteiger partial charge in [0.1, 0.15) is 6.04 Å². The van der Waals surface area contributed by atoms with Gasteiger partial charge in [0, 0.05) is 18.7 Å². The third-order valence-corrected chi connectivity index (χ3v) is 4.74. The molecule has 0 saturated carbocycles. The Labute approximate surface area is 156 Å². The number of nitro groups is 1. The van der Waals surface area contributed by atoms with Crippen LogP contribution in [0.2, 0.25) is 0 Å². The van der Waals surface area contributed by atoms with Crippen LogP contribution >= 0.6 is 0 Å². The van der Waals surface area contributed by atoms with E-state index in [0.717, 1.165) is 12.8 Å². The molecule has 8 nitrogen and oxygen atoms in total. The van der Waals surface area contributed by atoms with Crippen LogP contribution < -0.4 is 5.32 Å². The molecule has 8 heteroatoms. The molecular formula is C19H21N3O5. The Balaban J connectivity index is 1.72. The number of benzene rings is 1. The number of nitrogens with one attached hydrogen (secondary N) is 1. The summed E-state index contributed by atoms with van der Waals surface area (Å²) in [6.07, 6.45) is 3.68. The number of hydrogen-bond acceptors (Lipinski definition) is 5. The maximum absolute atomic E-state index is 12.8. The molecule has 27 heavy (non-hydrogen) atoms. The minimum Gasteiger partial charge on any atom is -0.459 e. The summed E-state index contributed by atoms with van der Waals surface area (Å²) >= 11 is 0. The van der Waals surface area contributed by atoms with Crippen molar-refractivity contribution in [2.24, 2.45) is 0 Å². The number of rotatable bonds is 5. The van der Waals surface area contributed by atoms with Gasteiger partial charge in [0.2, 0.25) is 5.91 Å². The second-order valence-corrected chi connectivity index (χ2v) is 6.57. The average Bonchev–Trinajstić information content (AvgIpc) is 3.22. The van der Waals surface area contributed by atoms with Gasteiger partial charge in [-0.3, -0.25) is 19.7 Å². The predicted molar refractivity (Wildman–Crippen MR) is 97.0 cm³/mol. The summed E-state index contributed by atoms with van der Waals surface area (Å²) in [7, 11) is 0. The van der Waals surface area contributed by atoms with Crippen molar-refractivity contribution in [2.45, 2.75) is 38.3 Å². The average molecular weight is 371 g/mol. The van der Waals surface area contributed by atoms with Crippen LogP contribution in [0.15, 0.2) is 47.1 Å². The van der Waals surface area contributed by atoms with E-state index in [1.165, 1.54) is 23.3 Å². The van der Waals surface area contributed by atoms with E-state index in [4.69, 9.17) is 4.42 Å². The van der Waals surface area contributed by atoms with E-state index < -0.39 is 17.0 Å². The van der Waals surface area contributed by atoms with Crippen LogP contribution in [-0.4, -0.2) is 34.2 Å². The Bertz CT molecular complexity index is 834. The summed E-state index contributed by atoms with van der Waals surface area (Å²) in [5, 5.41) is 13.8. The number of nitrogens with zero attached hydrogens (tertiary/aromatic N) is 2. The molecule has 1 aliphatic heterocycles. The number of likely N-dealkylation sites (tertiary alicyclic amines) is 1. The fraction of sp³-hybridized carbons (Fsp3) is 0.368. The minimum atomic E-state index is -0.586. The molecule has 0 aliphatic carbocycles. The predicted octanol–water partition coefficient (Wildman–Crippen LogP) is 3.06. The van der Waals surface area contributed by atoms with Crippen molar-refractivity contribution >= 4 is 17.5 Å². The lowest BCUT2D eigenvalue weighted by molar-refractivity contribution is -0.384. The summed E-state index contributed by atoms with van der Waals surface area (Å²) in [6.45, 7) is 2.25. The van der Waals surface area contributed by atoms with Gasteiger partial charge in [-0.25, -0.2) is 0 Å². The summed E-state index contributed by atoms with van der Waals surface area (Å²) in [5.74, 6) is -0.363. The van der Waals surface area contributed by atoms with Crippen molar-refractivity contribution in [1.82, 2.24) is 10.2 Å². The molecule has 2 atom stereocenters. The molecule has 1 N–H and O–H groups in total. The number of non-ortho nitro benzene ring substituents is 1. The number of piperidine rings is 1. The summed E-state index contributed by atoms with van der Waals surface area (Å²) in [4.78, 5) is 37.5. The van der Waals surface area contributed by atoms with E-state index in [2.05, 4.69) is 5.32 Å². The van der Waals surface area contributed by atoms with Gasteiger partial charge in [0.05, 0.1) is 17.2 Å². The molecule has 1 fully saturated rings. The van der Waals surface area contributed by atoms with Crippen molar-refractivity contribution in [1.29, 1.82) is 0 Å². The maximum atomic E-state index is 12.8. The summed E-state index contributed by atoms with van der Waals surface area (Å²) in [5.41, 5.74) is 0.609. The topological polar surface area (TPSA) is 106 Å². The van der Waals surface area contributed by atoms with E-state index in [9.17, 15) is 19.7 Å². The number of hydrogen-bond donors (Lipinski definition) is 1. The fourth-order valence-corrected chi connectivity index (χ4v) is 3.29. The molecule has 0 spiro atoms. The monoisotopic (exact) mass is 371 g/mol. The van der Waals surface area contributed by atoms with Crippen LogP contribution in [0.4, 0.5) is 5.69 Å². The highest BCUT2D eigenvalue weighted by Crippen LogP contribution is 2.23. The van der Waals surface area contributed by atoms with Crippen LogP contribution in [0.25, 0.3) is 0 Å². The largest absolute Gasteiger partial charge is 0.459 e. The number of amides is 2. The van der Waals surface area contributed by atoms with Gasteiger partial charge in [-0.2, -0.15) is 0 Å². The number of furan rings is 1. The summed E-state index contributed by atoms with van der Waals surface area (Å²) in [6, 6.07) is 8.38. The molecule has 1 aliphatic rings. The Kier molecular flexibility index (Phi) is 5.54. The van der Waals surface area contributed by atoms with Gasteiger partial charge in [-0.05, 0) is 43.9 Å². The molecule has 1 saturated heterocycles. The first kappa shape index (κ1) is 18.6. The third-order valence-electron chi connectivity index (χ3n) is 4.74. The van der Waals surface area contributed by atoms with Crippen molar-refractivity contribution in [3.8, 4) is 0 Å². The van der Waals surface area contributed by atoms with Crippen molar-refractivity contribution in [2.75, 3.05) is 6.54 Å². The Morgan fingerprint density at radius 2 is 2.11 bits per heavy atom. The smallest absolute Gasteiger partial charge is 0.290 e. The lowest BCUT2D eigenvalue weighted by atomic mass is 10.00. The molecule has 0 radical (unpaired) electrons. The van der Waals surface area contributed by atoms with Gasteiger partial charge in [0.15, 0.2) is 5.76 Å². The number of nitro benzene ring substituents is 1. The van der Waals surface area contributed by atoms with Crippen LogP contribution in [0, 0.1) is 10.1 Å². The Morgan fingerprint density at radius 3 is 2.81 bits per heavy atom. The van der Waals surface area contributed by atoms with E-state index in [0.29, 0.717) is 18.5 Å². The van der Waals surface area contributed by atoms with Crippen LogP contribution in [0.5, 0.6) is 0 Å². The van der Waals surface area contributed by atoms with E-state index >= 15 is 0 Å². The lowest BCUT2D eigenvalue weighted by Gasteiger charge is -2.34. The van der Waals surface area contributed by atoms with Gasteiger partial charge in [-0.1, -0.05) is 12.1 Å². The standard InChI is InChI=1S/C19H21N3O5/c1-13(14-6-4-7-15(12-14)22(25)26)20-18(23)16-8-2-3-10-21(16)19(24)17-9-5-11-27-17/h4-7,9,11-13,16H,2-3,8,10H2,1H3,(H,20,23)/t13-,16-/m1/s1. The van der Waals surface area contributed by atoms with Crippen molar-refractivity contribution < 1.29 is 18.9 Å². The molecule has 2 heterocycles. The number of carbonyl (C=O) groups excluding carboxylic acids is 2. The molecular weight excluding hydrogens is 350 g/mol. The van der Waals surface area contributed by atoms with Crippen LogP contribution in [0.1, 0.15) is 48.3 Å². The molecule has 0 bridgehead atoms. The maximum Gasteiger partial charge on any atom is 0.290 e. The zero-order valence-corrected chi connectivity index (χ0v) is 15.0. The van der Waals surface area contributed by atoms with Crippen LogP contribution in [0.3, 0.4) is 0 Å². The highest BCUT2D eigenvalue weighted by atomic mass is 16.6. The van der Waals surface area contributed by atoms with Crippen LogP contribution in [-0.2, 0) is 4.79 Å². The first-order valence-corrected chi connectivity index (χ1v) is 8.86. The third kappa shape index (κ3) is 4.16. The summed E-state index contributed by atoms with van der Waals surface area (Å²) < 4.78 is 5.18. The highest BCUT2D eigenvalue weighted by Gasteiger charge is 2.34. The number of carbonyl (C=O) groups is 2. The van der Waals surface area contributed by atoms with E-state index in [1.807, 2.05) is 0 Å². The van der Waals surface area contributed by atoms with Crippen molar-refractivity contribution in [3.05, 3.63) is 64.1 Å². The molecule has 142 valence electrons. The molecule has 2 amide bonds. The Hall–Kier alpha value is -3.16. The van der Waals surface area contributed by atoms with E-state index in [1.54, 1.807) is 31.2 Å². The Morgan fingerprint density at radius 1 is 1.30 bits per heavy atom. The first-order chi connectivity index (χ1) is 13.0. The van der Waals surface area contributed by atoms with E-state index in [-0.39, 0.29) is 23.3 Å².